The Morgan fingerprint density at radius 1 is 0.917 bits per heavy atom. The van der Waals surface area contributed by atoms with E-state index in [1.807, 2.05) is 61.5 Å². The minimum absolute atomic E-state index is 0.0860. The number of hydrogen-bond donors (Lipinski definition) is 0. The first-order valence-corrected chi connectivity index (χ1v) is 8.46. The van der Waals surface area contributed by atoms with Crippen LogP contribution in [0.1, 0.15) is 49.9 Å². The van der Waals surface area contributed by atoms with Crippen molar-refractivity contribution in [2.45, 2.75) is 45.6 Å². The zero-order chi connectivity index (χ0) is 17.4. The lowest BCUT2D eigenvalue weighted by Gasteiger charge is -2.15. The molecule has 0 spiro atoms. The molecule has 0 saturated carbocycles. The van der Waals surface area contributed by atoms with Crippen molar-refractivity contribution in [3.05, 3.63) is 60.2 Å². The maximum Gasteiger partial charge on any atom is 0.302 e. The minimum Gasteiger partial charge on any atom is -0.463 e. The van der Waals surface area contributed by atoms with E-state index < -0.39 is 0 Å². The molecule has 0 saturated heterocycles. The molecule has 0 aromatic heterocycles. The third-order valence-corrected chi connectivity index (χ3v) is 3.95. The van der Waals surface area contributed by atoms with Crippen LogP contribution in [0.5, 0.6) is 0 Å². The van der Waals surface area contributed by atoms with Crippen LogP contribution in [0.25, 0.3) is 11.1 Å². The van der Waals surface area contributed by atoms with Gasteiger partial charge in [-0.1, -0.05) is 67.9 Å². The molecule has 0 bridgehead atoms. The maximum absolute atomic E-state index is 12.3. The second-order valence-corrected chi connectivity index (χ2v) is 5.93. The molecule has 0 aliphatic carbocycles. The van der Waals surface area contributed by atoms with Gasteiger partial charge in [0.2, 0.25) is 0 Å². The van der Waals surface area contributed by atoms with E-state index in [-0.39, 0.29) is 17.9 Å². The summed E-state index contributed by atoms with van der Waals surface area (Å²) in [4.78, 5) is 23.5. The number of Topliss-reactive ketones (excluding diaryl/α,β-unsaturated/α-hetero) is 1. The highest BCUT2D eigenvalue weighted by Crippen LogP contribution is 2.20. The third-order valence-electron chi connectivity index (χ3n) is 3.95. The van der Waals surface area contributed by atoms with Crippen molar-refractivity contribution in [1.82, 2.24) is 0 Å². The summed E-state index contributed by atoms with van der Waals surface area (Å²) in [6.07, 6.45) is 2.52. The Morgan fingerprint density at radius 2 is 1.54 bits per heavy atom. The summed E-state index contributed by atoms with van der Waals surface area (Å²) in [5.74, 6) is -0.198. The van der Waals surface area contributed by atoms with Crippen LogP contribution in [0.2, 0.25) is 0 Å². The molecular weight excluding hydrogens is 300 g/mol. The molecule has 2 aromatic rings. The molecule has 2 rings (SSSR count). The average molecular weight is 324 g/mol. The molecule has 24 heavy (non-hydrogen) atoms. The summed E-state index contributed by atoms with van der Waals surface area (Å²) in [5.41, 5.74) is 2.93. The molecule has 0 fully saturated rings. The number of carbonyl (C=O) groups is 2. The molecule has 126 valence electrons. The molecule has 3 heteroatoms. The van der Waals surface area contributed by atoms with Crippen molar-refractivity contribution in [2.24, 2.45) is 0 Å². The molecule has 1 unspecified atom stereocenters. The van der Waals surface area contributed by atoms with Crippen molar-refractivity contribution < 1.29 is 14.3 Å². The summed E-state index contributed by atoms with van der Waals surface area (Å²) >= 11 is 0. The zero-order valence-electron chi connectivity index (χ0n) is 14.3. The van der Waals surface area contributed by atoms with Gasteiger partial charge in [-0.25, -0.2) is 0 Å². The number of benzene rings is 2. The number of ketones is 1. The van der Waals surface area contributed by atoms with Gasteiger partial charge in [0.05, 0.1) is 0 Å². The molecule has 3 nitrogen and oxygen atoms in total. The van der Waals surface area contributed by atoms with Crippen LogP contribution in [0.3, 0.4) is 0 Å². The molecule has 0 N–H and O–H groups in total. The number of esters is 1. The number of rotatable bonds is 8. The van der Waals surface area contributed by atoms with Crippen LogP contribution in [0, 0.1) is 0 Å². The lowest BCUT2D eigenvalue weighted by Crippen LogP contribution is -2.17. The predicted octanol–water partition coefficient (Wildman–Crippen LogP) is 5.05. The van der Waals surface area contributed by atoms with Gasteiger partial charge in [-0.2, -0.15) is 0 Å². The first-order valence-electron chi connectivity index (χ1n) is 8.46. The lowest BCUT2D eigenvalue weighted by atomic mass is 9.99. The summed E-state index contributed by atoms with van der Waals surface area (Å²) in [6, 6.07) is 17.7. The van der Waals surface area contributed by atoms with Gasteiger partial charge in [0.25, 0.3) is 0 Å². The van der Waals surface area contributed by atoms with Gasteiger partial charge in [-0.15, -0.1) is 0 Å². The fraction of sp³-hybridized carbons (Fsp3) is 0.333. The fourth-order valence-corrected chi connectivity index (χ4v) is 2.73. The number of ether oxygens (including phenoxy) is 1. The Morgan fingerprint density at radius 3 is 2.12 bits per heavy atom. The van der Waals surface area contributed by atoms with Gasteiger partial charge >= 0.3 is 5.97 Å². The van der Waals surface area contributed by atoms with E-state index in [0.29, 0.717) is 18.4 Å². The minimum atomic E-state index is -0.284. The van der Waals surface area contributed by atoms with E-state index in [1.165, 1.54) is 6.92 Å². The van der Waals surface area contributed by atoms with Crippen molar-refractivity contribution >= 4 is 11.8 Å². The monoisotopic (exact) mass is 324 g/mol. The molecule has 0 aliphatic rings. The third kappa shape index (κ3) is 5.34. The van der Waals surface area contributed by atoms with Crippen LogP contribution in [-0.2, 0) is 9.53 Å². The topological polar surface area (TPSA) is 43.4 Å². The van der Waals surface area contributed by atoms with Gasteiger partial charge in [0, 0.05) is 18.9 Å². The molecule has 0 radical (unpaired) electrons. The fourth-order valence-electron chi connectivity index (χ4n) is 2.73. The van der Waals surface area contributed by atoms with Gasteiger partial charge in [0.15, 0.2) is 5.78 Å². The number of hydrogen-bond acceptors (Lipinski definition) is 3. The van der Waals surface area contributed by atoms with Gasteiger partial charge in [-0.3, -0.25) is 9.59 Å². The molecule has 0 heterocycles. The van der Waals surface area contributed by atoms with Crippen LogP contribution < -0.4 is 0 Å². The Kier molecular flexibility index (Phi) is 6.74. The highest BCUT2D eigenvalue weighted by atomic mass is 16.5. The van der Waals surface area contributed by atoms with Crippen molar-refractivity contribution in [2.75, 3.05) is 0 Å². The van der Waals surface area contributed by atoms with E-state index in [4.69, 9.17) is 4.74 Å². The van der Waals surface area contributed by atoms with E-state index in [0.717, 1.165) is 24.0 Å². The number of carbonyl (C=O) groups excluding carboxylic acids is 2. The first-order chi connectivity index (χ1) is 11.6. The zero-order valence-corrected chi connectivity index (χ0v) is 14.3. The SMILES string of the molecule is CCCC(CCC(=O)c1ccc(-c2ccccc2)cc1)OC(C)=O. The van der Waals surface area contributed by atoms with Crippen LogP contribution in [0.4, 0.5) is 0 Å². The highest BCUT2D eigenvalue weighted by molar-refractivity contribution is 5.96. The van der Waals surface area contributed by atoms with Gasteiger partial charge < -0.3 is 4.74 Å². The van der Waals surface area contributed by atoms with E-state index in [9.17, 15) is 9.59 Å². The molecule has 0 amide bonds. The smallest absolute Gasteiger partial charge is 0.302 e. The van der Waals surface area contributed by atoms with Crippen LogP contribution >= 0.6 is 0 Å². The average Bonchev–Trinajstić information content (AvgIpc) is 2.60. The normalized spacial score (nSPS) is 11.8. The summed E-state index contributed by atoms with van der Waals surface area (Å²) in [6.45, 7) is 3.45. The second kappa shape index (κ2) is 9.02. The maximum atomic E-state index is 12.3. The van der Waals surface area contributed by atoms with Gasteiger partial charge in [-0.05, 0) is 24.0 Å². The van der Waals surface area contributed by atoms with Crippen molar-refractivity contribution in [3.63, 3.8) is 0 Å². The lowest BCUT2D eigenvalue weighted by molar-refractivity contribution is -0.146. The quantitative estimate of drug-likeness (QED) is 0.504. The molecule has 0 aliphatic heterocycles. The van der Waals surface area contributed by atoms with E-state index >= 15 is 0 Å². The summed E-state index contributed by atoms with van der Waals surface area (Å²) < 4.78 is 5.26. The molecule has 1 atom stereocenters. The molecule has 2 aromatic carbocycles. The Labute approximate surface area is 143 Å². The van der Waals surface area contributed by atoms with Crippen molar-refractivity contribution in [3.8, 4) is 11.1 Å². The Balaban J connectivity index is 1.96. The highest BCUT2D eigenvalue weighted by Gasteiger charge is 2.14. The van der Waals surface area contributed by atoms with E-state index in [2.05, 4.69) is 0 Å². The standard InChI is InChI=1S/C21H24O3/c1-3-7-20(24-16(2)22)14-15-21(23)19-12-10-18(11-13-19)17-8-5-4-6-9-17/h4-6,8-13,20H,3,7,14-15H2,1-2H3. The Bertz CT molecular complexity index is 659. The second-order valence-electron chi connectivity index (χ2n) is 5.93. The summed E-state index contributed by atoms with van der Waals surface area (Å²) in [7, 11) is 0. The summed E-state index contributed by atoms with van der Waals surface area (Å²) in [5, 5.41) is 0. The molecular formula is C21H24O3. The van der Waals surface area contributed by atoms with Crippen molar-refractivity contribution in [1.29, 1.82) is 0 Å². The van der Waals surface area contributed by atoms with Crippen LogP contribution in [-0.4, -0.2) is 17.9 Å². The first kappa shape index (κ1) is 17.9. The van der Waals surface area contributed by atoms with Gasteiger partial charge in [0.1, 0.15) is 6.10 Å². The predicted molar refractivity (Wildman–Crippen MR) is 95.9 cm³/mol. The van der Waals surface area contributed by atoms with E-state index in [1.54, 1.807) is 0 Å². The van der Waals surface area contributed by atoms with Crippen LogP contribution in [0.15, 0.2) is 54.6 Å². The largest absolute Gasteiger partial charge is 0.463 e. The Hall–Kier alpha value is -2.42.